The number of methoxy groups -OCH3 is 1. The van der Waals surface area contributed by atoms with Gasteiger partial charge >= 0.3 is 0 Å². The molecule has 0 atom stereocenters. The molecule has 1 fully saturated rings. The van der Waals surface area contributed by atoms with E-state index in [9.17, 15) is 19.3 Å². The molecule has 8 heteroatoms. The fourth-order valence-corrected chi connectivity index (χ4v) is 2.98. The van der Waals surface area contributed by atoms with Crippen LogP contribution in [-0.4, -0.2) is 49.0 Å². The molecule has 26 heavy (non-hydrogen) atoms. The molecule has 1 saturated heterocycles. The molecule has 0 N–H and O–H groups in total. The summed E-state index contributed by atoms with van der Waals surface area (Å²) in [6.45, 7) is 1.74. The van der Waals surface area contributed by atoms with Crippen molar-refractivity contribution < 1.29 is 18.8 Å². The van der Waals surface area contributed by atoms with Crippen LogP contribution in [0, 0.1) is 15.9 Å². The number of anilines is 1. The van der Waals surface area contributed by atoms with Crippen molar-refractivity contribution in [2.24, 2.45) is 0 Å². The van der Waals surface area contributed by atoms with Gasteiger partial charge in [0.1, 0.15) is 17.3 Å². The van der Waals surface area contributed by atoms with Crippen molar-refractivity contribution in [1.29, 1.82) is 0 Å². The minimum Gasteiger partial charge on any atom is -0.497 e. The molecule has 1 aliphatic rings. The Morgan fingerprint density at radius 2 is 1.77 bits per heavy atom. The molecular weight excluding hydrogens is 341 g/mol. The van der Waals surface area contributed by atoms with Crippen LogP contribution >= 0.6 is 0 Å². The van der Waals surface area contributed by atoms with Crippen molar-refractivity contribution in [2.45, 2.75) is 0 Å². The number of nitrogens with zero attached hydrogens (tertiary/aromatic N) is 3. The highest BCUT2D eigenvalue weighted by Crippen LogP contribution is 2.29. The SMILES string of the molecule is COc1ccc(C(=O)N2CCN(c3ccc(F)cc3[N+](=O)[O-])CC2)cc1. The van der Waals surface area contributed by atoms with E-state index < -0.39 is 10.7 Å². The number of halogens is 1. The van der Waals surface area contributed by atoms with E-state index in [0.717, 1.165) is 6.07 Å². The Hall–Kier alpha value is -3.16. The molecule has 1 amide bonds. The first-order valence-corrected chi connectivity index (χ1v) is 8.12. The molecule has 136 valence electrons. The molecule has 1 aliphatic heterocycles. The Bertz CT molecular complexity index is 818. The summed E-state index contributed by atoms with van der Waals surface area (Å²) in [6, 6.07) is 10.4. The standard InChI is InChI=1S/C18H18FN3O4/c1-26-15-5-2-13(3-6-15)18(23)21-10-8-20(9-11-21)16-7-4-14(19)12-17(16)22(24)25/h2-7,12H,8-11H2,1H3. The maximum atomic E-state index is 13.3. The lowest BCUT2D eigenvalue weighted by Crippen LogP contribution is -2.49. The van der Waals surface area contributed by atoms with Gasteiger partial charge in [0.25, 0.3) is 11.6 Å². The molecule has 3 rings (SSSR count). The number of hydrogen-bond acceptors (Lipinski definition) is 5. The zero-order valence-electron chi connectivity index (χ0n) is 14.2. The average molecular weight is 359 g/mol. The van der Waals surface area contributed by atoms with Crippen LogP contribution in [0.1, 0.15) is 10.4 Å². The molecule has 0 bridgehead atoms. The molecule has 0 radical (unpaired) electrons. The predicted octanol–water partition coefficient (Wildman–Crippen LogP) is 2.70. The highest BCUT2D eigenvalue weighted by Gasteiger charge is 2.26. The minimum atomic E-state index is -0.645. The summed E-state index contributed by atoms with van der Waals surface area (Å²) >= 11 is 0. The van der Waals surface area contributed by atoms with Gasteiger partial charge in [0.05, 0.1) is 18.1 Å². The number of rotatable bonds is 4. The average Bonchev–Trinajstić information content (AvgIpc) is 2.67. The highest BCUT2D eigenvalue weighted by molar-refractivity contribution is 5.94. The van der Waals surface area contributed by atoms with Gasteiger partial charge in [0.2, 0.25) is 0 Å². The van der Waals surface area contributed by atoms with E-state index in [4.69, 9.17) is 4.74 Å². The van der Waals surface area contributed by atoms with Crippen LogP contribution in [-0.2, 0) is 0 Å². The maximum Gasteiger partial charge on any atom is 0.295 e. The van der Waals surface area contributed by atoms with Gasteiger partial charge in [-0.3, -0.25) is 14.9 Å². The summed E-state index contributed by atoms with van der Waals surface area (Å²) in [4.78, 5) is 26.6. The molecule has 0 aromatic heterocycles. The molecule has 0 saturated carbocycles. The normalized spacial score (nSPS) is 14.2. The van der Waals surface area contributed by atoms with E-state index in [2.05, 4.69) is 0 Å². The Morgan fingerprint density at radius 3 is 2.35 bits per heavy atom. The monoisotopic (exact) mass is 359 g/mol. The topological polar surface area (TPSA) is 75.9 Å². The van der Waals surface area contributed by atoms with Crippen molar-refractivity contribution >= 4 is 17.3 Å². The summed E-state index contributed by atoms with van der Waals surface area (Å²) in [7, 11) is 1.56. The number of amides is 1. The number of nitro groups is 1. The van der Waals surface area contributed by atoms with Gasteiger partial charge in [-0.05, 0) is 36.4 Å². The third-order valence-electron chi connectivity index (χ3n) is 4.38. The summed E-state index contributed by atoms with van der Waals surface area (Å²) in [6.07, 6.45) is 0. The second-order valence-electron chi connectivity index (χ2n) is 5.90. The number of benzene rings is 2. The molecule has 1 heterocycles. The first-order valence-electron chi connectivity index (χ1n) is 8.12. The molecule has 2 aromatic carbocycles. The highest BCUT2D eigenvalue weighted by atomic mass is 19.1. The van der Waals surface area contributed by atoms with Gasteiger partial charge in [0, 0.05) is 31.7 Å². The first kappa shape index (κ1) is 17.7. The van der Waals surface area contributed by atoms with Crippen LogP contribution in [0.5, 0.6) is 5.75 Å². The number of piperazine rings is 1. The van der Waals surface area contributed by atoms with E-state index in [1.165, 1.54) is 12.1 Å². The fourth-order valence-electron chi connectivity index (χ4n) is 2.98. The van der Waals surface area contributed by atoms with Crippen molar-refractivity contribution in [3.05, 3.63) is 64.0 Å². The van der Waals surface area contributed by atoms with Gasteiger partial charge in [-0.2, -0.15) is 0 Å². The fraction of sp³-hybridized carbons (Fsp3) is 0.278. The maximum absolute atomic E-state index is 13.3. The molecule has 0 unspecified atom stereocenters. The van der Waals surface area contributed by atoms with Crippen LogP contribution in [0.15, 0.2) is 42.5 Å². The van der Waals surface area contributed by atoms with Gasteiger partial charge in [-0.25, -0.2) is 4.39 Å². The van der Waals surface area contributed by atoms with Crippen LogP contribution in [0.25, 0.3) is 0 Å². The number of carbonyl (C=O) groups is 1. The zero-order valence-corrected chi connectivity index (χ0v) is 14.2. The molecule has 0 spiro atoms. The van der Waals surface area contributed by atoms with Crippen LogP contribution in [0.3, 0.4) is 0 Å². The van der Waals surface area contributed by atoms with Crippen molar-refractivity contribution in [1.82, 2.24) is 4.90 Å². The van der Waals surface area contributed by atoms with Crippen LogP contribution < -0.4 is 9.64 Å². The van der Waals surface area contributed by atoms with Crippen molar-refractivity contribution in [3.8, 4) is 5.75 Å². The summed E-state index contributed by atoms with van der Waals surface area (Å²) in [5.74, 6) is -0.0651. The van der Waals surface area contributed by atoms with E-state index in [0.29, 0.717) is 43.2 Å². The second kappa shape index (κ2) is 7.38. The zero-order chi connectivity index (χ0) is 18.7. The smallest absolute Gasteiger partial charge is 0.295 e. The summed E-state index contributed by atoms with van der Waals surface area (Å²) in [5, 5.41) is 11.2. The van der Waals surface area contributed by atoms with E-state index in [-0.39, 0.29) is 11.6 Å². The van der Waals surface area contributed by atoms with Crippen LogP contribution in [0.4, 0.5) is 15.8 Å². The number of hydrogen-bond donors (Lipinski definition) is 0. The Morgan fingerprint density at radius 1 is 1.12 bits per heavy atom. The second-order valence-corrected chi connectivity index (χ2v) is 5.90. The lowest BCUT2D eigenvalue weighted by Gasteiger charge is -2.35. The van der Waals surface area contributed by atoms with Gasteiger partial charge in [-0.1, -0.05) is 0 Å². The Labute approximate surface area is 149 Å². The van der Waals surface area contributed by atoms with Gasteiger partial charge in [0.15, 0.2) is 0 Å². The van der Waals surface area contributed by atoms with Crippen molar-refractivity contribution in [3.63, 3.8) is 0 Å². The van der Waals surface area contributed by atoms with E-state index in [1.807, 2.05) is 0 Å². The molecular formula is C18H18FN3O4. The lowest BCUT2D eigenvalue weighted by atomic mass is 10.1. The van der Waals surface area contributed by atoms with E-state index in [1.54, 1.807) is 41.2 Å². The largest absolute Gasteiger partial charge is 0.497 e. The molecule has 2 aromatic rings. The molecule has 7 nitrogen and oxygen atoms in total. The number of ether oxygens (including phenoxy) is 1. The summed E-state index contributed by atoms with van der Waals surface area (Å²) in [5.41, 5.74) is 0.667. The molecule has 0 aliphatic carbocycles. The van der Waals surface area contributed by atoms with Gasteiger partial charge < -0.3 is 14.5 Å². The first-order chi connectivity index (χ1) is 12.5. The van der Waals surface area contributed by atoms with Gasteiger partial charge in [-0.15, -0.1) is 0 Å². The quantitative estimate of drug-likeness (QED) is 0.620. The third-order valence-corrected chi connectivity index (χ3v) is 4.38. The minimum absolute atomic E-state index is 0.0964. The van der Waals surface area contributed by atoms with E-state index >= 15 is 0 Å². The number of nitro benzene ring substituents is 1. The lowest BCUT2D eigenvalue weighted by molar-refractivity contribution is -0.384. The third kappa shape index (κ3) is 3.58. The Balaban J connectivity index is 1.69. The predicted molar refractivity (Wildman–Crippen MR) is 94.2 cm³/mol. The van der Waals surface area contributed by atoms with Crippen LogP contribution in [0.2, 0.25) is 0 Å². The summed E-state index contributed by atoms with van der Waals surface area (Å²) < 4.78 is 18.4. The number of carbonyl (C=O) groups excluding carboxylic acids is 1. The Kier molecular flexibility index (Phi) is 5.01. The van der Waals surface area contributed by atoms with Crippen molar-refractivity contribution in [2.75, 3.05) is 38.2 Å².